The second kappa shape index (κ2) is 14.6. The fourth-order valence-corrected chi connectivity index (χ4v) is 6.77. The van der Waals surface area contributed by atoms with Gasteiger partial charge in [0.1, 0.15) is 24.1 Å². The van der Waals surface area contributed by atoms with Crippen LogP contribution in [0, 0.1) is 0 Å². The fourth-order valence-electron chi connectivity index (χ4n) is 5.17. The Kier molecular flexibility index (Phi) is 10.9. The molecule has 1 aliphatic carbocycles. The van der Waals surface area contributed by atoms with Crippen molar-refractivity contribution in [1.82, 2.24) is 10.2 Å². The molecule has 2 amide bonds. The monoisotopic (exact) mass is 627 g/mol. The highest BCUT2D eigenvalue weighted by atomic mass is 35.5. The first-order chi connectivity index (χ1) is 20.6. The molecule has 4 rings (SSSR count). The second-order valence-electron chi connectivity index (χ2n) is 10.5. The smallest absolute Gasteiger partial charge is 0.264 e. The number of halogens is 1. The molecular weight excluding hydrogens is 590 g/mol. The largest absolute Gasteiger partial charge is 0.497 e. The van der Waals surface area contributed by atoms with Crippen molar-refractivity contribution in [2.75, 3.05) is 25.1 Å². The van der Waals surface area contributed by atoms with E-state index < -0.39 is 28.5 Å². The Balaban J connectivity index is 1.71. The highest BCUT2D eigenvalue weighted by molar-refractivity contribution is 7.92. The molecule has 0 saturated heterocycles. The Morgan fingerprint density at radius 1 is 0.953 bits per heavy atom. The van der Waals surface area contributed by atoms with E-state index in [1.807, 2.05) is 12.1 Å². The lowest BCUT2D eigenvalue weighted by Crippen LogP contribution is -2.53. The number of rotatable bonds is 12. The van der Waals surface area contributed by atoms with Crippen LogP contribution < -0.4 is 19.1 Å². The van der Waals surface area contributed by atoms with Gasteiger partial charge >= 0.3 is 0 Å². The second-order valence-corrected chi connectivity index (χ2v) is 12.8. The van der Waals surface area contributed by atoms with Crippen LogP contribution in [0.1, 0.15) is 44.6 Å². The first-order valence-corrected chi connectivity index (χ1v) is 16.1. The number of sulfonamides is 1. The van der Waals surface area contributed by atoms with Crippen LogP contribution in [0.5, 0.6) is 11.5 Å². The molecule has 1 fully saturated rings. The maximum Gasteiger partial charge on any atom is 0.264 e. The summed E-state index contributed by atoms with van der Waals surface area (Å²) in [7, 11) is -1.28. The predicted octanol–water partition coefficient (Wildman–Crippen LogP) is 5.42. The number of nitrogens with one attached hydrogen (secondary N) is 1. The summed E-state index contributed by atoms with van der Waals surface area (Å²) in [5, 5.41) is 3.37. The molecule has 0 aromatic heterocycles. The van der Waals surface area contributed by atoms with E-state index in [9.17, 15) is 18.0 Å². The molecule has 0 radical (unpaired) electrons. The Hall–Kier alpha value is -3.76. The maximum atomic E-state index is 14.2. The van der Waals surface area contributed by atoms with E-state index in [1.165, 1.54) is 30.2 Å². The lowest BCUT2D eigenvalue weighted by atomic mass is 9.95. The number of anilines is 1. The van der Waals surface area contributed by atoms with Gasteiger partial charge in [0.2, 0.25) is 11.8 Å². The van der Waals surface area contributed by atoms with Gasteiger partial charge in [-0.3, -0.25) is 13.9 Å². The molecule has 0 heterocycles. The molecule has 11 heteroatoms. The van der Waals surface area contributed by atoms with Crippen molar-refractivity contribution in [1.29, 1.82) is 0 Å². The van der Waals surface area contributed by atoms with Crippen molar-refractivity contribution < 1.29 is 27.5 Å². The molecule has 0 aliphatic heterocycles. The van der Waals surface area contributed by atoms with Gasteiger partial charge in [-0.2, -0.15) is 0 Å². The molecule has 3 aromatic carbocycles. The third-order valence-corrected chi connectivity index (χ3v) is 9.66. The molecule has 230 valence electrons. The zero-order valence-corrected chi connectivity index (χ0v) is 26.2. The average molecular weight is 628 g/mol. The van der Waals surface area contributed by atoms with Gasteiger partial charge in [0.05, 0.1) is 24.8 Å². The molecule has 1 saturated carbocycles. The number of carbonyl (C=O) groups excluding carboxylic acids is 2. The van der Waals surface area contributed by atoms with Crippen LogP contribution >= 0.6 is 11.6 Å². The Labute approximate surface area is 258 Å². The summed E-state index contributed by atoms with van der Waals surface area (Å²) in [5.41, 5.74) is 0.861. The molecule has 9 nitrogen and oxygen atoms in total. The Bertz CT molecular complexity index is 1500. The molecule has 1 atom stereocenters. The Morgan fingerprint density at radius 2 is 1.63 bits per heavy atom. The van der Waals surface area contributed by atoms with Crippen molar-refractivity contribution in [2.45, 2.75) is 62.6 Å². The lowest BCUT2D eigenvalue weighted by molar-refractivity contribution is -0.139. The molecule has 3 aromatic rings. The van der Waals surface area contributed by atoms with Gasteiger partial charge in [-0.25, -0.2) is 8.42 Å². The van der Waals surface area contributed by atoms with Crippen LogP contribution in [0.2, 0.25) is 5.02 Å². The van der Waals surface area contributed by atoms with Gasteiger partial charge < -0.3 is 19.7 Å². The minimum Gasteiger partial charge on any atom is -0.497 e. The van der Waals surface area contributed by atoms with Crippen LogP contribution in [0.15, 0.2) is 77.7 Å². The zero-order valence-electron chi connectivity index (χ0n) is 24.7. The van der Waals surface area contributed by atoms with Crippen molar-refractivity contribution in [3.63, 3.8) is 0 Å². The predicted molar refractivity (Wildman–Crippen MR) is 167 cm³/mol. The van der Waals surface area contributed by atoms with Crippen molar-refractivity contribution in [2.24, 2.45) is 0 Å². The molecule has 0 bridgehead atoms. The summed E-state index contributed by atoms with van der Waals surface area (Å²) >= 11 is 6.29. The van der Waals surface area contributed by atoms with Gasteiger partial charge in [0.15, 0.2) is 0 Å². The molecule has 43 heavy (non-hydrogen) atoms. The van der Waals surface area contributed by atoms with E-state index in [-0.39, 0.29) is 39.8 Å². The van der Waals surface area contributed by atoms with Crippen molar-refractivity contribution in [3.05, 3.63) is 83.4 Å². The average Bonchev–Trinajstić information content (AvgIpc) is 3.03. The summed E-state index contributed by atoms with van der Waals surface area (Å²) in [5.74, 6) is 0.0228. The number of nitrogens with zero attached hydrogens (tertiary/aromatic N) is 2. The number of amides is 2. The minimum atomic E-state index is -4.25. The zero-order chi connectivity index (χ0) is 31.0. The SMILES string of the molecule is COc1ccc(CN(C(=O)CN(c2cc(Cl)ccc2OC)S(=O)(=O)c2ccccc2)[C@H](C)C(=O)NC2CCCCC2)cc1. The van der Waals surface area contributed by atoms with Crippen LogP contribution in [0.25, 0.3) is 0 Å². The quantitative estimate of drug-likeness (QED) is 0.288. The summed E-state index contributed by atoms with van der Waals surface area (Å²) in [6.45, 7) is 1.15. The fraction of sp³-hybridized carbons (Fsp3) is 0.375. The highest BCUT2D eigenvalue weighted by Gasteiger charge is 2.34. The lowest BCUT2D eigenvalue weighted by Gasteiger charge is -2.33. The van der Waals surface area contributed by atoms with Gasteiger partial charge in [0, 0.05) is 17.6 Å². The topological polar surface area (TPSA) is 105 Å². The molecular formula is C32H38ClN3O6S. The number of benzene rings is 3. The van der Waals surface area contributed by atoms with Gasteiger partial charge in [-0.05, 0) is 67.8 Å². The highest BCUT2D eigenvalue weighted by Crippen LogP contribution is 2.35. The van der Waals surface area contributed by atoms with E-state index in [0.717, 1.165) is 42.0 Å². The van der Waals surface area contributed by atoms with Crippen LogP contribution in [-0.2, 0) is 26.2 Å². The minimum absolute atomic E-state index is 0.00498. The number of ether oxygens (including phenoxy) is 2. The van der Waals surface area contributed by atoms with E-state index >= 15 is 0 Å². The molecule has 1 N–H and O–H groups in total. The van der Waals surface area contributed by atoms with Crippen LogP contribution in [-0.4, -0.2) is 58.0 Å². The van der Waals surface area contributed by atoms with Crippen molar-refractivity contribution >= 4 is 39.1 Å². The van der Waals surface area contributed by atoms with E-state index in [1.54, 1.807) is 56.5 Å². The summed E-state index contributed by atoms with van der Waals surface area (Å²) < 4.78 is 39.8. The third-order valence-electron chi connectivity index (χ3n) is 7.65. The molecule has 0 spiro atoms. The number of hydrogen-bond donors (Lipinski definition) is 1. The summed E-state index contributed by atoms with van der Waals surface area (Å²) in [6.07, 6.45) is 5.01. The Morgan fingerprint density at radius 3 is 2.26 bits per heavy atom. The number of hydrogen-bond acceptors (Lipinski definition) is 6. The third kappa shape index (κ3) is 8.00. The summed E-state index contributed by atoms with van der Waals surface area (Å²) in [4.78, 5) is 29.1. The van der Waals surface area contributed by atoms with Crippen molar-refractivity contribution in [3.8, 4) is 11.5 Å². The normalized spacial score (nSPS) is 14.4. The molecule has 1 aliphatic rings. The van der Waals surface area contributed by atoms with Gasteiger partial charge in [-0.15, -0.1) is 0 Å². The summed E-state index contributed by atoms with van der Waals surface area (Å²) in [6, 6.07) is 18.7. The van der Waals surface area contributed by atoms with E-state index in [2.05, 4.69) is 5.32 Å². The van der Waals surface area contributed by atoms with E-state index in [0.29, 0.717) is 5.75 Å². The molecule has 0 unspecified atom stereocenters. The van der Waals surface area contributed by atoms with Crippen LogP contribution in [0.4, 0.5) is 5.69 Å². The first-order valence-electron chi connectivity index (χ1n) is 14.3. The maximum absolute atomic E-state index is 14.2. The number of methoxy groups -OCH3 is 2. The first kappa shape index (κ1) is 32.2. The van der Waals surface area contributed by atoms with E-state index in [4.69, 9.17) is 21.1 Å². The number of carbonyl (C=O) groups is 2. The van der Waals surface area contributed by atoms with Gasteiger partial charge in [0.25, 0.3) is 10.0 Å². The van der Waals surface area contributed by atoms with Crippen LogP contribution in [0.3, 0.4) is 0 Å². The van der Waals surface area contributed by atoms with Gasteiger partial charge in [-0.1, -0.05) is 61.2 Å². The standard InChI is InChI=1S/C32H38ClN3O6S/c1-23(32(38)34-26-10-6-4-7-11-26)35(21-24-14-17-27(41-2)18-15-24)31(37)22-36(29-20-25(33)16-19-30(29)42-3)43(39,40)28-12-8-5-9-13-28/h5,8-9,12-20,23,26H,4,6-7,10-11,21-22H2,1-3H3,(H,34,38)/t23-/m1/s1.